The molecule has 0 fully saturated rings. The summed E-state index contributed by atoms with van der Waals surface area (Å²) in [6, 6.07) is 5.48. The van der Waals surface area contributed by atoms with Gasteiger partial charge in [0.15, 0.2) is 0 Å². The molecule has 1 amide bonds. The number of unbranched alkanes of at least 4 members (excludes halogenated alkanes) is 2. The normalized spacial score (nSPS) is 10.1. The van der Waals surface area contributed by atoms with Gasteiger partial charge in [0.05, 0.1) is 18.5 Å². The number of nitrogens with one attached hydrogen (secondary N) is 2. The van der Waals surface area contributed by atoms with Gasteiger partial charge in [-0.15, -0.1) is 0 Å². The minimum atomic E-state index is -0.103. The average Bonchev–Trinajstić information content (AvgIpc) is 2.39. The maximum Gasteiger partial charge on any atom is 0.221 e. The molecular weight excluding hydrogens is 244 g/mol. The largest absolute Gasteiger partial charge is 0.497 e. The summed E-state index contributed by atoms with van der Waals surface area (Å²) < 4.78 is 5.17. The zero-order valence-electron chi connectivity index (χ0n) is 11.5. The van der Waals surface area contributed by atoms with Crippen LogP contribution in [0.25, 0.3) is 0 Å². The zero-order valence-corrected chi connectivity index (χ0v) is 11.5. The number of hydrogen-bond donors (Lipinski definition) is 3. The molecule has 19 heavy (non-hydrogen) atoms. The van der Waals surface area contributed by atoms with Crippen LogP contribution in [-0.4, -0.2) is 31.3 Å². The van der Waals surface area contributed by atoms with Crippen LogP contribution >= 0.6 is 0 Å². The first-order valence-electron chi connectivity index (χ1n) is 6.47. The number of ether oxygens (including phenoxy) is 1. The van der Waals surface area contributed by atoms with E-state index in [0.29, 0.717) is 0 Å². The Labute approximate surface area is 114 Å². The monoisotopic (exact) mass is 266 g/mol. The second-order valence-electron chi connectivity index (χ2n) is 4.30. The van der Waals surface area contributed by atoms with E-state index in [9.17, 15) is 4.79 Å². The molecular formula is C14H22N2O3. The molecule has 0 aromatic heterocycles. The highest BCUT2D eigenvalue weighted by molar-refractivity contribution is 5.92. The molecule has 1 aromatic carbocycles. The summed E-state index contributed by atoms with van der Waals surface area (Å²) in [6.07, 6.45) is 2.76. The fourth-order valence-electron chi connectivity index (χ4n) is 1.73. The predicted octanol–water partition coefficient (Wildman–Crippen LogP) is 2.23. The molecule has 0 aliphatic carbocycles. The van der Waals surface area contributed by atoms with Gasteiger partial charge in [0, 0.05) is 26.1 Å². The molecule has 0 unspecified atom stereocenters. The van der Waals surface area contributed by atoms with E-state index in [1.54, 1.807) is 7.11 Å². The van der Waals surface area contributed by atoms with Crippen molar-refractivity contribution in [3.05, 3.63) is 18.2 Å². The van der Waals surface area contributed by atoms with E-state index in [1.165, 1.54) is 6.92 Å². The number of aliphatic hydroxyl groups excluding tert-OH is 1. The summed E-state index contributed by atoms with van der Waals surface area (Å²) >= 11 is 0. The Balaban J connectivity index is 2.63. The fraction of sp³-hybridized carbons (Fsp3) is 0.500. The molecule has 0 saturated heterocycles. The Morgan fingerprint density at radius 2 is 2.05 bits per heavy atom. The number of anilines is 2. The van der Waals surface area contributed by atoms with Crippen molar-refractivity contribution in [2.45, 2.75) is 26.2 Å². The average molecular weight is 266 g/mol. The first-order chi connectivity index (χ1) is 9.17. The molecule has 106 valence electrons. The minimum absolute atomic E-state index is 0.103. The van der Waals surface area contributed by atoms with Crippen molar-refractivity contribution in [1.82, 2.24) is 0 Å². The number of carbonyl (C=O) groups is 1. The Bertz CT molecular complexity index is 408. The van der Waals surface area contributed by atoms with Crippen LogP contribution in [0.4, 0.5) is 11.4 Å². The van der Waals surface area contributed by atoms with Gasteiger partial charge >= 0.3 is 0 Å². The minimum Gasteiger partial charge on any atom is -0.497 e. The SMILES string of the molecule is COc1ccc(NC(C)=O)c(NCCCCCO)c1. The lowest BCUT2D eigenvalue weighted by molar-refractivity contribution is -0.114. The first-order valence-corrected chi connectivity index (χ1v) is 6.47. The highest BCUT2D eigenvalue weighted by atomic mass is 16.5. The summed E-state index contributed by atoms with van der Waals surface area (Å²) in [5, 5.41) is 14.8. The lowest BCUT2D eigenvalue weighted by Gasteiger charge is -2.13. The van der Waals surface area contributed by atoms with Crippen LogP contribution in [0.2, 0.25) is 0 Å². The summed E-state index contributed by atoms with van der Waals surface area (Å²) in [4.78, 5) is 11.1. The van der Waals surface area contributed by atoms with Crippen LogP contribution in [0.5, 0.6) is 5.75 Å². The topological polar surface area (TPSA) is 70.6 Å². The summed E-state index contributed by atoms with van der Waals surface area (Å²) in [5.41, 5.74) is 1.59. The van der Waals surface area contributed by atoms with Crippen molar-refractivity contribution in [3.63, 3.8) is 0 Å². The quantitative estimate of drug-likeness (QED) is 0.631. The molecule has 5 heteroatoms. The third-order valence-electron chi connectivity index (χ3n) is 2.69. The highest BCUT2D eigenvalue weighted by Gasteiger charge is 2.05. The Morgan fingerprint density at radius 3 is 2.68 bits per heavy atom. The molecule has 1 rings (SSSR count). The second kappa shape index (κ2) is 8.37. The van der Waals surface area contributed by atoms with Crippen LogP contribution in [0, 0.1) is 0 Å². The van der Waals surface area contributed by atoms with E-state index in [0.717, 1.165) is 42.9 Å². The van der Waals surface area contributed by atoms with Crippen LogP contribution in [-0.2, 0) is 4.79 Å². The Morgan fingerprint density at radius 1 is 1.26 bits per heavy atom. The van der Waals surface area contributed by atoms with Gasteiger partial charge in [0.1, 0.15) is 5.75 Å². The standard InChI is InChI=1S/C14H22N2O3/c1-11(18)16-13-7-6-12(19-2)10-14(13)15-8-4-3-5-9-17/h6-7,10,15,17H,3-5,8-9H2,1-2H3,(H,16,18). The molecule has 5 nitrogen and oxygen atoms in total. The van der Waals surface area contributed by atoms with Gasteiger partial charge in [0.2, 0.25) is 5.91 Å². The van der Waals surface area contributed by atoms with Gasteiger partial charge in [0.25, 0.3) is 0 Å². The van der Waals surface area contributed by atoms with E-state index in [1.807, 2.05) is 18.2 Å². The molecule has 0 aliphatic heterocycles. The molecule has 0 radical (unpaired) electrons. The van der Waals surface area contributed by atoms with Gasteiger partial charge in [-0.25, -0.2) is 0 Å². The molecule has 0 atom stereocenters. The maximum absolute atomic E-state index is 11.1. The van der Waals surface area contributed by atoms with Crippen LogP contribution in [0.1, 0.15) is 26.2 Å². The number of hydrogen-bond acceptors (Lipinski definition) is 4. The molecule has 0 heterocycles. The highest BCUT2D eigenvalue weighted by Crippen LogP contribution is 2.27. The summed E-state index contributed by atoms with van der Waals surface area (Å²) in [6.45, 7) is 2.51. The van der Waals surface area contributed by atoms with E-state index < -0.39 is 0 Å². The van der Waals surface area contributed by atoms with Crippen molar-refractivity contribution in [3.8, 4) is 5.75 Å². The third kappa shape index (κ3) is 5.61. The van der Waals surface area contributed by atoms with Crippen molar-refractivity contribution in [1.29, 1.82) is 0 Å². The fourth-order valence-corrected chi connectivity index (χ4v) is 1.73. The van der Waals surface area contributed by atoms with E-state index in [4.69, 9.17) is 9.84 Å². The van der Waals surface area contributed by atoms with Crippen LogP contribution in [0.3, 0.4) is 0 Å². The first kappa shape index (κ1) is 15.3. The van der Waals surface area contributed by atoms with Crippen molar-refractivity contribution >= 4 is 17.3 Å². The van der Waals surface area contributed by atoms with Crippen molar-refractivity contribution < 1.29 is 14.6 Å². The van der Waals surface area contributed by atoms with Crippen molar-refractivity contribution in [2.24, 2.45) is 0 Å². The molecule has 0 spiro atoms. The molecule has 0 saturated carbocycles. The number of carbonyl (C=O) groups excluding carboxylic acids is 1. The molecule has 0 aliphatic rings. The number of methoxy groups -OCH3 is 1. The molecule has 0 bridgehead atoms. The van der Waals surface area contributed by atoms with Gasteiger partial charge in [-0.3, -0.25) is 4.79 Å². The van der Waals surface area contributed by atoms with Gasteiger partial charge in [-0.1, -0.05) is 0 Å². The van der Waals surface area contributed by atoms with E-state index in [2.05, 4.69) is 10.6 Å². The number of benzene rings is 1. The number of aliphatic hydroxyl groups is 1. The number of rotatable bonds is 8. The Hall–Kier alpha value is -1.75. The maximum atomic E-state index is 11.1. The lowest BCUT2D eigenvalue weighted by Crippen LogP contribution is -2.10. The van der Waals surface area contributed by atoms with Crippen LogP contribution in [0.15, 0.2) is 18.2 Å². The van der Waals surface area contributed by atoms with E-state index in [-0.39, 0.29) is 12.5 Å². The van der Waals surface area contributed by atoms with Gasteiger partial charge < -0.3 is 20.5 Å². The lowest BCUT2D eigenvalue weighted by atomic mass is 10.2. The smallest absolute Gasteiger partial charge is 0.221 e. The molecule has 3 N–H and O–H groups in total. The molecule has 1 aromatic rings. The summed E-state index contributed by atoms with van der Waals surface area (Å²) in [5.74, 6) is 0.639. The predicted molar refractivity (Wildman–Crippen MR) is 76.7 cm³/mol. The van der Waals surface area contributed by atoms with Gasteiger partial charge in [-0.05, 0) is 31.4 Å². The third-order valence-corrected chi connectivity index (χ3v) is 2.69. The zero-order chi connectivity index (χ0) is 14.1. The number of amides is 1. The van der Waals surface area contributed by atoms with E-state index >= 15 is 0 Å². The summed E-state index contributed by atoms with van der Waals surface area (Å²) in [7, 11) is 1.61. The van der Waals surface area contributed by atoms with Crippen LogP contribution < -0.4 is 15.4 Å². The second-order valence-corrected chi connectivity index (χ2v) is 4.30. The van der Waals surface area contributed by atoms with Gasteiger partial charge in [-0.2, -0.15) is 0 Å². The van der Waals surface area contributed by atoms with Crippen molar-refractivity contribution in [2.75, 3.05) is 30.9 Å². The Kier molecular flexibility index (Phi) is 6.74.